The summed E-state index contributed by atoms with van der Waals surface area (Å²) >= 11 is 0. The molecule has 2 rings (SSSR count). The van der Waals surface area contributed by atoms with Crippen molar-refractivity contribution in [2.24, 2.45) is 11.8 Å². The number of carbonyl (C=O) groups is 1. The maximum Gasteiger partial charge on any atom is 0.241 e. The standard InChI is InChI=1S/C16H31N3O/c1-11(2)9-14-16(20)19(15(17-14)12(3)4)13-7-6-8-18(5)10-13/h11-15,17H,6-10H2,1-5H3. The van der Waals surface area contributed by atoms with E-state index in [1.165, 1.54) is 6.42 Å². The molecule has 4 nitrogen and oxygen atoms in total. The Morgan fingerprint density at radius 3 is 2.55 bits per heavy atom. The maximum atomic E-state index is 12.8. The minimum Gasteiger partial charge on any atom is -0.321 e. The van der Waals surface area contributed by atoms with Gasteiger partial charge in [0, 0.05) is 12.6 Å². The van der Waals surface area contributed by atoms with Crippen molar-refractivity contribution in [2.75, 3.05) is 20.1 Å². The second kappa shape index (κ2) is 6.44. The van der Waals surface area contributed by atoms with Crippen LogP contribution in [0.25, 0.3) is 0 Å². The molecule has 3 unspecified atom stereocenters. The van der Waals surface area contributed by atoms with Gasteiger partial charge < -0.3 is 9.80 Å². The van der Waals surface area contributed by atoms with Crippen molar-refractivity contribution in [2.45, 2.75) is 65.2 Å². The van der Waals surface area contributed by atoms with Crippen molar-refractivity contribution in [3.05, 3.63) is 0 Å². The van der Waals surface area contributed by atoms with Gasteiger partial charge in [-0.05, 0) is 44.7 Å². The lowest BCUT2D eigenvalue weighted by molar-refractivity contribution is -0.134. The van der Waals surface area contributed by atoms with Crippen molar-refractivity contribution in [1.82, 2.24) is 15.1 Å². The molecule has 116 valence electrons. The molecule has 1 amide bonds. The molecule has 0 spiro atoms. The van der Waals surface area contributed by atoms with E-state index in [1.54, 1.807) is 0 Å². The van der Waals surface area contributed by atoms with Crippen LogP contribution < -0.4 is 5.32 Å². The van der Waals surface area contributed by atoms with Crippen molar-refractivity contribution in [1.29, 1.82) is 0 Å². The third-order valence-corrected chi connectivity index (χ3v) is 4.56. The van der Waals surface area contributed by atoms with E-state index in [9.17, 15) is 4.79 Å². The zero-order valence-corrected chi connectivity index (χ0v) is 13.7. The molecule has 2 aliphatic heterocycles. The zero-order chi connectivity index (χ0) is 14.9. The molecule has 0 aromatic heterocycles. The summed E-state index contributed by atoms with van der Waals surface area (Å²) in [4.78, 5) is 17.3. The highest BCUT2D eigenvalue weighted by Gasteiger charge is 2.44. The lowest BCUT2D eigenvalue weighted by atomic mass is 10.0. The van der Waals surface area contributed by atoms with Gasteiger partial charge in [0.2, 0.25) is 5.91 Å². The Morgan fingerprint density at radius 2 is 2.00 bits per heavy atom. The molecule has 0 bridgehead atoms. The molecule has 20 heavy (non-hydrogen) atoms. The van der Waals surface area contributed by atoms with Crippen LogP contribution in [-0.4, -0.2) is 54.1 Å². The number of piperidine rings is 1. The smallest absolute Gasteiger partial charge is 0.241 e. The van der Waals surface area contributed by atoms with E-state index >= 15 is 0 Å². The Bertz CT molecular complexity index is 343. The first-order chi connectivity index (χ1) is 9.40. The van der Waals surface area contributed by atoms with Crippen LogP contribution in [0.15, 0.2) is 0 Å². The van der Waals surface area contributed by atoms with Crippen LogP contribution in [0.2, 0.25) is 0 Å². The van der Waals surface area contributed by atoms with Gasteiger partial charge in [-0.15, -0.1) is 0 Å². The van der Waals surface area contributed by atoms with E-state index < -0.39 is 0 Å². The number of rotatable bonds is 4. The molecule has 2 heterocycles. The zero-order valence-electron chi connectivity index (χ0n) is 13.7. The summed E-state index contributed by atoms with van der Waals surface area (Å²) in [5, 5.41) is 3.59. The van der Waals surface area contributed by atoms with Gasteiger partial charge >= 0.3 is 0 Å². The first-order valence-electron chi connectivity index (χ1n) is 8.17. The summed E-state index contributed by atoms with van der Waals surface area (Å²) in [6.07, 6.45) is 3.50. The van der Waals surface area contributed by atoms with E-state index in [0.29, 0.717) is 23.8 Å². The molecule has 1 N–H and O–H groups in total. The first-order valence-corrected chi connectivity index (χ1v) is 8.17. The minimum absolute atomic E-state index is 0.0228. The van der Waals surface area contributed by atoms with E-state index in [2.05, 4.69) is 49.9 Å². The summed E-state index contributed by atoms with van der Waals surface area (Å²) in [5.41, 5.74) is 0. The topological polar surface area (TPSA) is 35.6 Å². The number of likely N-dealkylation sites (N-methyl/N-ethyl adjacent to an activating group) is 1. The van der Waals surface area contributed by atoms with E-state index in [1.807, 2.05) is 0 Å². The van der Waals surface area contributed by atoms with Crippen LogP contribution >= 0.6 is 0 Å². The van der Waals surface area contributed by atoms with Gasteiger partial charge in [0.15, 0.2) is 0 Å². The van der Waals surface area contributed by atoms with Crippen molar-refractivity contribution in [3.8, 4) is 0 Å². The average molecular weight is 281 g/mol. The predicted octanol–water partition coefficient (Wildman–Crippen LogP) is 1.91. The second-order valence-corrected chi connectivity index (χ2v) is 7.34. The Morgan fingerprint density at radius 1 is 1.30 bits per heavy atom. The highest BCUT2D eigenvalue weighted by molar-refractivity contribution is 5.84. The molecule has 2 saturated heterocycles. The number of amides is 1. The SMILES string of the molecule is CC(C)CC1NC(C(C)C)N(C2CCCN(C)C2)C1=O. The number of nitrogens with one attached hydrogen (secondary N) is 1. The van der Waals surface area contributed by atoms with Crippen LogP contribution in [0.3, 0.4) is 0 Å². The lowest BCUT2D eigenvalue weighted by Gasteiger charge is -2.39. The highest BCUT2D eigenvalue weighted by Crippen LogP contribution is 2.27. The average Bonchev–Trinajstić information content (AvgIpc) is 2.66. The number of likely N-dealkylation sites (tertiary alicyclic amines) is 1. The largest absolute Gasteiger partial charge is 0.321 e. The quantitative estimate of drug-likeness (QED) is 0.855. The molecular formula is C16H31N3O. The minimum atomic E-state index is 0.0228. The first kappa shape index (κ1) is 15.8. The summed E-state index contributed by atoms with van der Waals surface area (Å²) in [6, 6.07) is 0.410. The fourth-order valence-electron chi connectivity index (χ4n) is 3.60. The van der Waals surface area contributed by atoms with Crippen LogP contribution in [0, 0.1) is 11.8 Å². The lowest BCUT2D eigenvalue weighted by Crippen LogP contribution is -2.53. The molecule has 3 atom stereocenters. The molecule has 4 heteroatoms. The fraction of sp³-hybridized carbons (Fsp3) is 0.938. The van der Waals surface area contributed by atoms with Gasteiger partial charge in [-0.3, -0.25) is 10.1 Å². The van der Waals surface area contributed by atoms with Crippen LogP contribution in [0.4, 0.5) is 0 Å². The summed E-state index contributed by atoms with van der Waals surface area (Å²) in [6.45, 7) is 11.0. The van der Waals surface area contributed by atoms with Crippen LogP contribution in [0.5, 0.6) is 0 Å². The molecule has 2 aliphatic rings. The highest BCUT2D eigenvalue weighted by atomic mass is 16.2. The normalized spacial score (nSPS) is 32.6. The number of carbonyl (C=O) groups excluding carboxylic acids is 1. The predicted molar refractivity (Wildman–Crippen MR) is 82.4 cm³/mol. The van der Waals surface area contributed by atoms with E-state index in [0.717, 1.165) is 25.9 Å². The van der Waals surface area contributed by atoms with Gasteiger partial charge in [-0.1, -0.05) is 27.7 Å². The monoisotopic (exact) mass is 281 g/mol. The molecule has 0 aliphatic carbocycles. The van der Waals surface area contributed by atoms with Crippen molar-refractivity contribution >= 4 is 5.91 Å². The summed E-state index contributed by atoms with van der Waals surface area (Å²) < 4.78 is 0. The van der Waals surface area contributed by atoms with Crippen molar-refractivity contribution < 1.29 is 4.79 Å². The number of hydrogen-bond donors (Lipinski definition) is 1. The molecule has 0 radical (unpaired) electrons. The number of hydrogen-bond acceptors (Lipinski definition) is 3. The maximum absolute atomic E-state index is 12.8. The molecule has 0 saturated carbocycles. The Labute approximate surface area is 123 Å². The van der Waals surface area contributed by atoms with Gasteiger partial charge in [0.05, 0.1) is 12.2 Å². The molecule has 2 fully saturated rings. The van der Waals surface area contributed by atoms with Gasteiger partial charge in [0.1, 0.15) is 0 Å². The summed E-state index contributed by atoms with van der Waals surface area (Å²) in [7, 11) is 2.16. The van der Waals surface area contributed by atoms with Gasteiger partial charge in [-0.2, -0.15) is 0 Å². The van der Waals surface area contributed by atoms with Crippen LogP contribution in [-0.2, 0) is 4.79 Å². The van der Waals surface area contributed by atoms with Crippen LogP contribution in [0.1, 0.15) is 47.0 Å². The molecular weight excluding hydrogens is 250 g/mol. The Balaban J connectivity index is 2.12. The van der Waals surface area contributed by atoms with Crippen molar-refractivity contribution in [3.63, 3.8) is 0 Å². The Kier molecular flexibility index (Phi) is 5.08. The fourth-order valence-corrected chi connectivity index (χ4v) is 3.60. The molecule has 0 aromatic rings. The second-order valence-electron chi connectivity index (χ2n) is 7.34. The third-order valence-electron chi connectivity index (χ3n) is 4.56. The van der Waals surface area contributed by atoms with Gasteiger partial charge in [0.25, 0.3) is 0 Å². The number of nitrogens with zero attached hydrogens (tertiary/aromatic N) is 2. The van der Waals surface area contributed by atoms with E-state index in [4.69, 9.17) is 0 Å². The summed E-state index contributed by atoms with van der Waals surface area (Å²) in [5.74, 6) is 1.35. The Hall–Kier alpha value is -0.610. The van der Waals surface area contributed by atoms with Gasteiger partial charge in [-0.25, -0.2) is 0 Å². The van der Waals surface area contributed by atoms with E-state index in [-0.39, 0.29) is 12.2 Å². The third kappa shape index (κ3) is 3.34. The molecule has 0 aromatic carbocycles.